The summed E-state index contributed by atoms with van der Waals surface area (Å²) in [6.07, 6.45) is 2.74. The van der Waals surface area contributed by atoms with E-state index in [0.717, 1.165) is 12.5 Å². The highest BCUT2D eigenvalue weighted by atomic mass is 32.1. The van der Waals surface area contributed by atoms with E-state index < -0.39 is 0 Å². The van der Waals surface area contributed by atoms with E-state index in [-0.39, 0.29) is 0 Å². The van der Waals surface area contributed by atoms with Gasteiger partial charge in [-0.2, -0.15) is 11.3 Å². The maximum atomic E-state index is 3.75. The summed E-state index contributed by atoms with van der Waals surface area (Å²) in [6, 6.07) is 11.4. The molecule has 1 nitrogen and oxygen atoms in total. The molecule has 2 heteroatoms. The molecule has 1 aliphatic rings. The van der Waals surface area contributed by atoms with Crippen molar-refractivity contribution < 1.29 is 0 Å². The number of benzene rings is 1. The number of hydrogen-bond donors (Lipinski definition) is 1. The van der Waals surface area contributed by atoms with Crippen LogP contribution in [0.2, 0.25) is 0 Å². The summed E-state index contributed by atoms with van der Waals surface area (Å²) in [5.41, 5.74) is 4.30. The number of thiophene rings is 1. The van der Waals surface area contributed by atoms with Crippen LogP contribution in [-0.4, -0.2) is 0 Å². The van der Waals surface area contributed by atoms with E-state index in [1.165, 1.54) is 29.5 Å². The maximum Gasteiger partial charge on any atom is 0.0351 e. The van der Waals surface area contributed by atoms with E-state index in [4.69, 9.17) is 0 Å². The van der Waals surface area contributed by atoms with Crippen molar-refractivity contribution in [2.24, 2.45) is 5.92 Å². The summed E-state index contributed by atoms with van der Waals surface area (Å²) in [5.74, 6) is 0.839. The molecule has 0 aliphatic heterocycles. The molecule has 2 aromatic rings. The van der Waals surface area contributed by atoms with Crippen molar-refractivity contribution in [3.63, 3.8) is 0 Å². The van der Waals surface area contributed by atoms with E-state index in [9.17, 15) is 0 Å². The van der Waals surface area contributed by atoms with Crippen LogP contribution in [0.1, 0.15) is 35.6 Å². The highest BCUT2D eigenvalue weighted by molar-refractivity contribution is 7.08. The van der Waals surface area contributed by atoms with Crippen LogP contribution in [0.3, 0.4) is 0 Å². The van der Waals surface area contributed by atoms with Gasteiger partial charge >= 0.3 is 0 Å². The average molecular weight is 257 g/mol. The fraction of sp³-hybridized carbons (Fsp3) is 0.375. The van der Waals surface area contributed by atoms with Gasteiger partial charge in [0, 0.05) is 12.6 Å². The van der Waals surface area contributed by atoms with Crippen molar-refractivity contribution in [2.45, 2.75) is 32.4 Å². The lowest BCUT2D eigenvalue weighted by atomic mass is 10.0. The molecule has 0 amide bonds. The Morgan fingerprint density at radius 1 is 1.22 bits per heavy atom. The Labute approximate surface area is 113 Å². The van der Waals surface area contributed by atoms with Gasteiger partial charge in [-0.05, 0) is 53.1 Å². The lowest BCUT2D eigenvalue weighted by molar-refractivity contribution is 0.480. The summed E-state index contributed by atoms with van der Waals surface area (Å²) in [4.78, 5) is 0. The van der Waals surface area contributed by atoms with Gasteiger partial charge in [-0.25, -0.2) is 0 Å². The van der Waals surface area contributed by atoms with Crippen LogP contribution < -0.4 is 5.32 Å². The van der Waals surface area contributed by atoms with Crippen molar-refractivity contribution in [3.8, 4) is 0 Å². The third-order valence-electron chi connectivity index (χ3n) is 3.73. The molecule has 1 atom stereocenters. The summed E-state index contributed by atoms with van der Waals surface area (Å²) >= 11 is 1.80. The van der Waals surface area contributed by atoms with E-state index in [2.05, 4.69) is 53.3 Å². The molecule has 1 N–H and O–H groups in total. The van der Waals surface area contributed by atoms with Crippen LogP contribution in [-0.2, 0) is 6.54 Å². The number of nitrogens with one attached hydrogen (secondary N) is 1. The monoisotopic (exact) mass is 257 g/mol. The van der Waals surface area contributed by atoms with E-state index in [1.807, 2.05) is 0 Å². The zero-order valence-electron chi connectivity index (χ0n) is 10.7. The topological polar surface area (TPSA) is 12.0 Å². The molecular weight excluding hydrogens is 238 g/mol. The van der Waals surface area contributed by atoms with Crippen molar-refractivity contribution in [3.05, 3.63) is 57.8 Å². The molecular formula is C16H19NS. The Bertz CT molecular complexity index is 499. The predicted molar refractivity (Wildman–Crippen MR) is 77.8 cm³/mol. The molecule has 0 spiro atoms. The van der Waals surface area contributed by atoms with Crippen LogP contribution in [0.15, 0.2) is 41.1 Å². The largest absolute Gasteiger partial charge is 0.306 e. The predicted octanol–water partition coefficient (Wildman–Crippen LogP) is 4.30. The second-order valence-electron chi connectivity index (χ2n) is 5.19. The molecule has 1 saturated carbocycles. The standard InChI is InChI=1S/C16H19NS/c1-12-10-18-11-15(12)9-17-16(14-7-8-14)13-5-3-2-4-6-13/h2-6,10-11,14,16-17H,7-9H2,1H3. The van der Waals surface area contributed by atoms with Crippen molar-refractivity contribution in [1.29, 1.82) is 0 Å². The molecule has 18 heavy (non-hydrogen) atoms. The minimum absolute atomic E-state index is 0.533. The maximum absolute atomic E-state index is 3.75. The minimum Gasteiger partial charge on any atom is -0.306 e. The number of rotatable bonds is 5. The van der Waals surface area contributed by atoms with Crippen LogP contribution in [0.25, 0.3) is 0 Å². The molecule has 1 aromatic heterocycles. The SMILES string of the molecule is Cc1cscc1CNC(c1ccccc1)C1CC1. The summed E-state index contributed by atoms with van der Waals surface area (Å²) < 4.78 is 0. The first kappa shape index (κ1) is 11.9. The molecule has 3 rings (SSSR count). The van der Waals surface area contributed by atoms with Gasteiger partial charge in [-0.15, -0.1) is 0 Å². The van der Waals surface area contributed by atoms with Crippen LogP contribution in [0.4, 0.5) is 0 Å². The zero-order valence-corrected chi connectivity index (χ0v) is 11.5. The first-order valence-corrected chi connectivity index (χ1v) is 7.59. The molecule has 1 fully saturated rings. The van der Waals surface area contributed by atoms with Crippen LogP contribution >= 0.6 is 11.3 Å². The van der Waals surface area contributed by atoms with Crippen molar-refractivity contribution in [1.82, 2.24) is 5.32 Å². The minimum atomic E-state index is 0.533. The molecule has 94 valence electrons. The molecule has 1 heterocycles. The molecule has 1 unspecified atom stereocenters. The van der Waals surface area contributed by atoms with Gasteiger partial charge in [-0.1, -0.05) is 30.3 Å². The smallest absolute Gasteiger partial charge is 0.0351 e. The molecule has 0 radical (unpaired) electrons. The lowest BCUT2D eigenvalue weighted by Crippen LogP contribution is -2.22. The Balaban J connectivity index is 1.70. The normalized spacial score (nSPS) is 16.7. The van der Waals surface area contributed by atoms with Gasteiger partial charge in [-0.3, -0.25) is 0 Å². The van der Waals surface area contributed by atoms with Crippen LogP contribution in [0, 0.1) is 12.8 Å². The first-order valence-electron chi connectivity index (χ1n) is 6.64. The lowest BCUT2D eigenvalue weighted by Gasteiger charge is -2.18. The van der Waals surface area contributed by atoms with Gasteiger partial charge in [0.1, 0.15) is 0 Å². The Morgan fingerprint density at radius 3 is 2.61 bits per heavy atom. The summed E-state index contributed by atoms with van der Waals surface area (Å²) in [7, 11) is 0. The molecule has 0 saturated heterocycles. The van der Waals surface area contributed by atoms with E-state index in [1.54, 1.807) is 11.3 Å². The second kappa shape index (κ2) is 5.25. The van der Waals surface area contributed by atoms with E-state index >= 15 is 0 Å². The number of aryl methyl sites for hydroxylation is 1. The van der Waals surface area contributed by atoms with Gasteiger partial charge in [0.2, 0.25) is 0 Å². The van der Waals surface area contributed by atoms with Gasteiger partial charge in [0.25, 0.3) is 0 Å². The Kier molecular flexibility index (Phi) is 3.48. The first-order chi connectivity index (χ1) is 8.84. The van der Waals surface area contributed by atoms with Crippen molar-refractivity contribution >= 4 is 11.3 Å². The third kappa shape index (κ3) is 2.65. The highest BCUT2D eigenvalue weighted by Gasteiger charge is 2.31. The zero-order chi connectivity index (χ0) is 12.4. The van der Waals surface area contributed by atoms with Gasteiger partial charge in [0.15, 0.2) is 0 Å². The third-order valence-corrected chi connectivity index (χ3v) is 4.64. The Hall–Kier alpha value is -1.12. The summed E-state index contributed by atoms with van der Waals surface area (Å²) in [6.45, 7) is 3.19. The highest BCUT2D eigenvalue weighted by Crippen LogP contribution is 2.41. The fourth-order valence-corrected chi connectivity index (χ4v) is 3.29. The molecule has 0 bridgehead atoms. The summed E-state index contributed by atoms with van der Waals surface area (Å²) in [5, 5.41) is 8.24. The van der Waals surface area contributed by atoms with Crippen molar-refractivity contribution in [2.75, 3.05) is 0 Å². The second-order valence-corrected chi connectivity index (χ2v) is 5.93. The molecule has 1 aliphatic carbocycles. The molecule has 1 aromatic carbocycles. The quantitative estimate of drug-likeness (QED) is 0.842. The van der Waals surface area contributed by atoms with Gasteiger partial charge < -0.3 is 5.32 Å². The van der Waals surface area contributed by atoms with Crippen LogP contribution in [0.5, 0.6) is 0 Å². The average Bonchev–Trinajstić information content (AvgIpc) is 3.15. The van der Waals surface area contributed by atoms with E-state index in [0.29, 0.717) is 6.04 Å². The van der Waals surface area contributed by atoms with Gasteiger partial charge in [0.05, 0.1) is 0 Å². The number of hydrogen-bond acceptors (Lipinski definition) is 2. The Morgan fingerprint density at radius 2 is 2.00 bits per heavy atom. The fourth-order valence-electron chi connectivity index (χ4n) is 2.43.